The Morgan fingerprint density at radius 2 is 0.506 bits per heavy atom. The first kappa shape index (κ1) is 74.8. The van der Waals surface area contributed by atoms with Gasteiger partial charge in [0, 0.05) is 19.3 Å². The Labute approximate surface area is 488 Å². The molecule has 0 aliphatic heterocycles. The molecule has 0 heterocycles. The van der Waals surface area contributed by atoms with Crippen LogP contribution in [0.3, 0.4) is 0 Å². The van der Waals surface area contributed by atoms with Crippen LogP contribution in [0.2, 0.25) is 0 Å². The SMILES string of the molecule is CC/C=C\C/C=C\C/C=C\C/C=C\C/C=C\C/C=C\C/C=C\C/C=C\C/C=C\CCCC(=O)OCC(COC(=O)CCCCCCCCCCCCCCCCC)OC(=O)CCCCCCCCC/C=C\CCCCCCCC. The number of carbonyl (C=O) groups excluding carboxylic acids is 3. The lowest BCUT2D eigenvalue weighted by molar-refractivity contribution is -0.167. The molecule has 0 N–H and O–H groups in total. The topological polar surface area (TPSA) is 78.9 Å². The van der Waals surface area contributed by atoms with Gasteiger partial charge in [0.15, 0.2) is 6.10 Å². The normalized spacial score (nSPS) is 12.9. The number of esters is 3. The van der Waals surface area contributed by atoms with Gasteiger partial charge < -0.3 is 14.2 Å². The molecular formula is C73H122O6. The summed E-state index contributed by atoms with van der Waals surface area (Å²) in [6.07, 6.45) is 92.1. The zero-order chi connectivity index (χ0) is 57.1. The minimum Gasteiger partial charge on any atom is -0.462 e. The van der Waals surface area contributed by atoms with Crippen LogP contribution in [0.15, 0.2) is 122 Å². The van der Waals surface area contributed by atoms with Gasteiger partial charge >= 0.3 is 17.9 Å². The van der Waals surface area contributed by atoms with E-state index in [1.165, 1.54) is 154 Å². The van der Waals surface area contributed by atoms with Crippen molar-refractivity contribution in [1.29, 1.82) is 0 Å². The van der Waals surface area contributed by atoms with Crippen LogP contribution >= 0.6 is 0 Å². The van der Waals surface area contributed by atoms with Crippen molar-refractivity contribution in [3.8, 4) is 0 Å². The van der Waals surface area contributed by atoms with Crippen molar-refractivity contribution in [2.75, 3.05) is 13.2 Å². The Balaban J connectivity index is 4.44. The highest BCUT2D eigenvalue weighted by Gasteiger charge is 2.19. The van der Waals surface area contributed by atoms with E-state index in [0.29, 0.717) is 19.3 Å². The summed E-state index contributed by atoms with van der Waals surface area (Å²) in [5.74, 6) is -0.956. The van der Waals surface area contributed by atoms with E-state index >= 15 is 0 Å². The molecule has 0 bridgehead atoms. The van der Waals surface area contributed by atoms with Crippen molar-refractivity contribution in [3.63, 3.8) is 0 Å². The monoisotopic (exact) mass is 1090 g/mol. The molecule has 450 valence electrons. The molecule has 0 aromatic carbocycles. The van der Waals surface area contributed by atoms with E-state index in [0.717, 1.165) is 103 Å². The first-order valence-corrected chi connectivity index (χ1v) is 33.0. The molecule has 6 heteroatoms. The third-order valence-electron chi connectivity index (χ3n) is 14.0. The van der Waals surface area contributed by atoms with Gasteiger partial charge in [-0.25, -0.2) is 0 Å². The van der Waals surface area contributed by atoms with E-state index < -0.39 is 6.10 Å². The summed E-state index contributed by atoms with van der Waals surface area (Å²) >= 11 is 0. The summed E-state index contributed by atoms with van der Waals surface area (Å²) in [6, 6.07) is 0. The van der Waals surface area contributed by atoms with E-state index in [4.69, 9.17) is 14.2 Å². The number of hydrogen-bond acceptors (Lipinski definition) is 6. The second-order valence-electron chi connectivity index (χ2n) is 21.6. The maximum Gasteiger partial charge on any atom is 0.306 e. The molecule has 0 saturated carbocycles. The Bertz CT molecular complexity index is 1640. The maximum absolute atomic E-state index is 12.9. The molecule has 1 unspecified atom stereocenters. The Kier molecular flexibility index (Phi) is 62.8. The molecule has 0 amide bonds. The van der Waals surface area contributed by atoms with Crippen molar-refractivity contribution in [2.24, 2.45) is 0 Å². The van der Waals surface area contributed by atoms with Gasteiger partial charge in [-0.1, -0.05) is 296 Å². The van der Waals surface area contributed by atoms with Crippen LogP contribution in [0.5, 0.6) is 0 Å². The largest absolute Gasteiger partial charge is 0.462 e. The second-order valence-corrected chi connectivity index (χ2v) is 21.6. The zero-order valence-electron chi connectivity index (χ0n) is 51.6. The summed E-state index contributed by atoms with van der Waals surface area (Å²) in [6.45, 7) is 6.50. The van der Waals surface area contributed by atoms with Crippen LogP contribution in [0.1, 0.15) is 303 Å². The number of allylic oxidation sites excluding steroid dienone is 20. The molecule has 0 aliphatic carbocycles. The summed E-state index contributed by atoms with van der Waals surface area (Å²) < 4.78 is 16.9. The lowest BCUT2D eigenvalue weighted by Gasteiger charge is -2.18. The van der Waals surface area contributed by atoms with Crippen molar-refractivity contribution in [1.82, 2.24) is 0 Å². The van der Waals surface area contributed by atoms with Crippen LogP contribution in [-0.2, 0) is 28.6 Å². The van der Waals surface area contributed by atoms with Gasteiger partial charge in [-0.3, -0.25) is 14.4 Å². The fraction of sp³-hybridized carbons (Fsp3) is 0.685. The summed E-state index contributed by atoms with van der Waals surface area (Å²) in [5.41, 5.74) is 0. The smallest absolute Gasteiger partial charge is 0.306 e. The van der Waals surface area contributed by atoms with E-state index in [1.54, 1.807) is 0 Å². The van der Waals surface area contributed by atoms with E-state index in [-0.39, 0.29) is 37.5 Å². The Morgan fingerprint density at radius 3 is 0.835 bits per heavy atom. The summed E-state index contributed by atoms with van der Waals surface area (Å²) in [7, 11) is 0. The van der Waals surface area contributed by atoms with Gasteiger partial charge in [0.25, 0.3) is 0 Å². The van der Waals surface area contributed by atoms with Crippen LogP contribution < -0.4 is 0 Å². The lowest BCUT2D eigenvalue weighted by atomic mass is 10.0. The molecule has 0 rings (SSSR count). The van der Waals surface area contributed by atoms with Crippen molar-refractivity contribution in [2.45, 2.75) is 309 Å². The van der Waals surface area contributed by atoms with Crippen molar-refractivity contribution in [3.05, 3.63) is 122 Å². The van der Waals surface area contributed by atoms with Gasteiger partial charge in [-0.05, 0) is 109 Å². The average Bonchev–Trinajstić information content (AvgIpc) is 3.45. The van der Waals surface area contributed by atoms with E-state index in [1.807, 2.05) is 0 Å². The third-order valence-corrected chi connectivity index (χ3v) is 14.0. The quantitative estimate of drug-likeness (QED) is 0.0261. The maximum atomic E-state index is 12.9. The third kappa shape index (κ3) is 64.5. The molecule has 0 radical (unpaired) electrons. The Morgan fingerprint density at radius 1 is 0.266 bits per heavy atom. The van der Waals surface area contributed by atoms with Gasteiger partial charge in [0.05, 0.1) is 0 Å². The predicted molar refractivity (Wildman–Crippen MR) is 343 cm³/mol. The lowest BCUT2D eigenvalue weighted by Crippen LogP contribution is -2.30. The molecule has 0 saturated heterocycles. The van der Waals surface area contributed by atoms with Gasteiger partial charge in [0.2, 0.25) is 0 Å². The standard InChI is InChI=1S/C73H122O6/c1-4-7-10-13-16-19-22-25-28-30-31-32-33-34-35-36-37-38-39-40-41-43-45-48-51-54-57-60-63-66-72(75)78-69-70(68-77-71(74)65-62-59-56-53-50-47-44-27-24-21-18-15-12-9-6-3)79-73(76)67-64-61-58-55-52-49-46-42-29-26-23-20-17-14-11-8-5-2/h7,10,16,19,25-26,28-29,31-32,34-35,37-38,40-41,45,48,54,57,70H,4-6,8-9,11-15,17-18,20-24,27,30,33,36,39,42-44,46-47,49-53,55-56,58-69H2,1-3H3/b10-7-,19-16-,28-25-,29-26-,32-31-,35-34-,38-37-,41-40-,48-45-,57-54-. The number of carbonyl (C=O) groups is 3. The summed E-state index contributed by atoms with van der Waals surface area (Å²) in [4.78, 5) is 38.3. The average molecular weight is 1100 g/mol. The van der Waals surface area contributed by atoms with Gasteiger partial charge in [-0.2, -0.15) is 0 Å². The van der Waals surface area contributed by atoms with Crippen molar-refractivity contribution >= 4 is 17.9 Å². The van der Waals surface area contributed by atoms with Crippen LogP contribution in [0.4, 0.5) is 0 Å². The Hall–Kier alpha value is -4.19. The number of ether oxygens (including phenoxy) is 3. The van der Waals surface area contributed by atoms with Crippen LogP contribution in [0, 0.1) is 0 Å². The molecule has 0 aromatic rings. The first-order chi connectivity index (χ1) is 39.0. The first-order valence-electron chi connectivity index (χ1n) is 33.0. The minimum absolute atomic E-state index is 0.0969. The number of hydrogen-bond donors (Lipinski definition) is 0. The van der Waals surface area contributed by atoms with Gasteiger partial charge in [0.1, 0.15) is 13.2 Å². The van der Waals surface area contributed by atoms with E-state index in [9.17, 15) is 14.4 Å². The summed E-state index contributed by atoms with van der Waals surface area (Å²) in [5, 5.41) is 0. The molecule has 0 aliphatic rings. The van der Waals surface area contributed by atoms with E-state index in [2.05, 4.69) is 142 Å². The van der Waals surface area contributed by atoms with Gasteiger partial charge in [-0.15, -0.1) is 0 Å². The highest BCUT2D eigenvalue weighted by atomic mass is 16.6. The molecule has 0 fully saturated rings. The van der Waals surface area contributed by atoms with Crippen LogP contribution in [0.25, 0.3) is 0 Å². The molecule has 1 atom stereocenters. The molecule has 0 aromatic heterocycles. The molecule has 79 heavy (non-hydrogen) atoms. The zero-order valence-corrected chi connectivity index (χ0v) is 51.6. The van der Waals surface area contributed by atoms with Crippen LogP contribution in [-0.4, -0.2) is 37.2 Å². The highest BCUT2D eigenvalue weighted by Crippen LogP contribution is 2.16. The van der Waals surface area contributed by atoms with Crippen molar-refractivity contribution < 1.29 is 28.6 Å². The molecular weight excluding hydrogens is 973 g/mol. The predicted octanol–water partition coefficient (Wildman–Crippen LogP) is 22.8. The number of unbranched alkanes of at least 4 members (excludes halogenated alkanes) is 28. The fourth-order valence-corrected chi connectivity index (χ4v) is 9.03. The highest BCUT2D eigenvalue weighted by molar-refractivity contribution is 5.71. The number of rotatable bonds is 59. The second kappa shape index (κ2) is 66.3. The molecule has 6 nitrogen and oxygen atoms in total. The fourth-order valence-electron chi connectivity index (χ4n) is 9.03. The molecule has 0 spiro atoms. The minimum atomic E-state index is -0.806.